The number of carbonyl (C=O) groups excluding carboxylic acids is 1. The highest BCUT2D eigenvalue weighted by atomic mass is 32.2. The van der Waals surface area contributed by atoms with E-state index in [4.69, 9.17) is 17.0 Å². The molecule has 9 heteroatoms. The summed E-state index contributed by atoms with van der Waals surface area (Å²) in [6.07, 6.45) is 5.78. The summed E-state index contributed by atoms with van der Waals surface area (Å²) in [5.74, 6) is 0.116. The van der Waals surface area contributed by atoms with Crippen molar-refractivity contribution >= 4 is 38.9 Å². The lowest BCUT2D eigenvalue weighted by Crippen LogP contribution is -2.34. The zero-order valence-corrected chi connectivity index (χ0v) is 19.7. The number of sulfonamides is 1. The molecule has 0 aliphatic heterocycles. The quantitative estimate of drug-likeness (QED) is 0.241. The average Bonchev–Trinajstić information content (AvgIpc) is 2.78. The third-order valence-corrected chi connectivity index (χ3v) is 6.10. The molecule has 2 aromatic rings. The van der Waals surface area contributed by atoms with E-state index in [9.17, 15) is 13.2 Å². The van der Waals surface area contributed by atoms with E-state index in [0.717, 1.165) is 25.7 Å². The zero-order chi connectivity index (χ0) is 23.4. The minimum Gasteiger partial charge on any atom is -0.493 e. The Kier molecular flexibility index (Phi) is 10.3. The molecule has 3 N–H and O–H groups in total. The summed E-state index contributed by atoms with van der Waals surface area (Å²) >= 11 is 5.23. The standard InChI is InChI=1S/C23H29N3O4S2/c1-3-5-6-9-17-30-21-11-8-7-10-20(21)22(27)26-23(31)25-18-12-14-19(15-13-18)32(28,29)24-16-4-2/h4,7-8,10-15,24H,2-3,5-6,9,16-17H2,1H3,(H2,25,26,27,31). The largest absolute Gasteiger partial charge is 0.493 e. The summed E-state index contributed by atoms with van der Waals surface area (Å²) < 4.78 is 32.4. The van der Waals surface area contributed by atoms with Gasteiger partial charge in [0.1, 0.15) is 5.75 Å². The Hall–Kier alpha value is -2.75. The molecule has 7 nitrogen and oxygen atoms in total. The molecule has 2 rings (SSSR count). The summed E-state index contributed by atoms with van der Waals surface area (Å²) in [4.78, 5) is 12.8. The third kappa shape index (κ3) is 8.07. The van der Waals surface area contributed by atoms with Crippen LogP contribution in [0, 0.1) is 0 Å². The molecule has 0 spiro atoms. The number of para-hydroxylation sites is 1. The first kappa shape index (κ1) is 25.5. The van der Waals surface area contributed by atoms with Gasteiger partial charge in [-0.25, -0.2) is 13.1 Å². The molecule has 0 heterocycles. The van der Waals surface area contributed by atoms with Crippen LogP contribution < -0.4 is 20.1 Å². The fourth-order valence-electron chi connectivity index (χ4n) is 2.79. The molecule has 0 saturated heterocycles. The number of benzene rings is 2. The number of thiocarbonyl (C=S) groups is 1. The van der Waals surface area contributed by atoms with Crippen LogP contribution in [0.25, 0.3) is 0 Å². The van der Waals surface area contributed by atoms with Gasteiger partial charge in [-0.2, -0.15) is 0 Å². The van der Waals surface area contributed by atoms with Crippen molar-refractivity contribution < 1.29 is 17.9 Å². The number of amides is 1. The van der Waals surface area contributed by atoms with Crippen LogP contribution in [0.3, 0.4) is 0 Å². The predicted molar refractivity (Wildman–Crippen MR) is 132 cm³/mol. The molecule has 32 heavy (non-hydrogen) atoms. The monoisotopic (exact) mass is 475 g/mol. The van der Waals surface area contributed by atoms with Crippen LogP contribution in [-0.2, 0) is 10.0 Å². The number of carbonyl (C=O) groups is 1. The fraction of sp³-hybridized carbons (Fsp3) is 0.304. The second-order valence-corrected chi connectivity index (χ2v) is 9.15. The number of hydrogen-bond acceptors (Lipinski definition) is 5. The molecule has 0 aromatic heterocycles. The number of rotatable bonds is 12. The summed E-state index contributed by atoms with van der Waals surface area (Å²) in [6, 6.07) is 13.0. The van der Waals surface area contributed by atoms with Crippen LogP contribution in [0.4, 0.5) is 5.69 Å². The topological polar surface area (TPSA) is 96.5 Å². The lowest BCUT2D eigenvalue weighted by atomic mass is 10.2. The van der Waals surface area contributed by atoms with Gasteiger partial charge in [0.15, 0.2) is 5.11 Å². The van der Waals surface area contributed by atoms with Gasteiger partial charge < -0.3 is 10.1 Å². The highest BCUT2D eigenvalue weighted by Gasteiger charge is 2.15. The highest BCUT2D eigenvalue weighted by molar-refractivity contribution is 7.89. The van der Waals surface area contributed by atoms with Crippen LogP contribution in [0.1, 0.15) is 43.0 Å². The average molecular weight is 476 g/mol. The molecular formula is C23H29N3O4S2. The van der Waals surface area contributed by atoms with Gasteiger partial charge in [-0.05, 0) is 55.0 Å². The highest BCUT2D eigenvalue weighted by Crippen LogP contribution is 2.19. The molecule has 0 aliphatic rings. The van der Waals surface area contributed by atoms with E-state index < -0.39 is 10.0 Å². The first-order valence-corrected chi connectivity index (χ1v) is 12.3. The van der Waals surface area contributed by atoms with E-state index in [-0.39, 0.29) is 22.5 Å². The maximum Gasteiger partial charge on any atom is 0.261 e. The van der Waals surface area contributed by atoms with Gasteiger partial charge in [0, 0.05) is 12.2 Å². The van der Waals surface area contributed by atoms with E-state index in [0.29, 0.717) is 23.6 Å². The van der Waals surface area contributed by atoms with Crippen molar-refractivity contribution in [3.05, 3.63) is 66.7 Å². The van der Waals surface area contributed by atoms with Gasteiger partial charge in [-0.15, -0.1) is 6.58 Å². The number of unbranched alkanes of at least 4 members (excludes halogenated alkanes) is 3. The van der Waals surface area contributed by atoms with Crippen molar-refractivity contribution in [2.75, 3.05) is 18.5 Å². The second kappa shape index (κ2) is 12.9. The van der Waals surface area contributed by atoms with Crippen molar-refractivity contribution in [2.24, 2.45) is 0 Å². The molecule has 0 saturated carbocycles. The number of hydrogen-bond donors (Lipinski definition) is 3. The van der Waals surface area contributed by atoms with Gasteiger partial charge in [0.25, 0.3) is 5.91 Å². The number of anilines is 1. The molecule has 0 unspecified atom stereocenters. The minimum absolute atomic E-state index is 0.0909. The lowest BCUT2D eigenvalue weighted by Gasteiger charge is -2.13. The molecule has 0 radical (unpaired) electrons. The van der Waals surface area contributed by atoms with Crippen LogP contribution in [0.15, 0.2) is 66.1 Å². The number of ether oxygens (including phenoxy) is 1. The summed E-state index contributed by atoms with van der Waals surface area (Å²) in [5, 5.41) is 5.60. The zero-order valence-electron chi connectivity index (χ0n) is 18.1. The first-order valence-electron chi connectivity index (χ1n) is 10.4. The van der Waals surface area contributed by atoms with Gasteiger partial charge in [-0.1, -0.05) is 44.4 Å². The Bertz CT molecular complexity index is 1020. The maximum absolute atomic E-state index is 12.7. The molecule has 0 fully saturated rings. The smallest absolute Gasteiger partial charge is 0.261 e. The van der Waals surface area contributed by atoms with Crippen LogP contribution in [0.2, 0.25) is 0 Å². The third-order valence-electron chi connectivity index (χ3n) is 4.45. The van der Waals surface area contributed by atoms with Crippen molar-refractivity contribution in [1.29, 1.82) is 0 Å². The summed E-state index contributed by atoms with van der Waals surface area (Å²) in [5.41, 5.74) is 0.931. The van der Waals surface area contributed by atoms with Crippen LogP contribution in [0.5, 0.6) is 5.75 Å². The van der Waals surface area contributed by atoms with Crippen LogP contribution in [-0.4, -0.2) is 32.6 Å². The van der Waals surface area contributed by atoms with E-state index in [1.54, 1.807) is 30.3 Å². The van der Waals surface area contributed by atoms with Gasteiger partial charge in [0.2, 0.25) is 10.0 Å². The van der Waals surface area contributed by atoms with Gasteiger partial charge in [-0.3, -0.25) is 10.1 Å². The molecule has 0 aliphatic carbocycles. The Balaban J connectivity index is 1.94. The van der Waals surface area contributed by atoms with Crippen molar-refractivity contribution in [2.45, 2.75) is 37.5 Å². The summed E-state index contributed by atoms with van der Waals surface area (Å²) in [7, 11) is -3.61. The molecule has 0 bridgehead atoms. The van der Waals surface area contributed by atoms with E-state index in [2.05, 4.69) is 28.9 Å². The number of nitrogens with one attached hydrogen (secondary N) is 3. The van der Waals surface area contributed by atoms with Gasteiger partial charge in [0.05, 0.1) is 17.1 Å². The molecule has 1 amide bonds. The second-order valence-electron chi connectivity index (χ2n) is 6.98. The molecule has 172 valence electrons. The lowest BCUT2D eigenvalue weighted by molar-refractivity contribution is 0.0973. The fourth-order valence-corrected chi connectivity index (χ4v) is 4.00. The summed E-state index contributed by atoms with van der Waals surface area (Å²) in [6.45, 7) is 6.32. The normalized spacial score (nSPS) is 10.9. The molecule has 2 aromatic carbocycles. The molecular weight excluding hydrogens is 446 g/mol. The van der Waals surface area contributed by atoms with E-state index in [1.807, 2.05) is 6.07 Å². The SMILES string of the molecule is C=CCNS(=O)(=O)c1ccc(NC(=S)NC(=O)c2ccccc2OCCCCCC)cc1. The van der Waals surface area contributed by atoms with Gasteiger partial charge >= 0.3 is 0 Å². The van der Waals surface area contributed by atoms with Crippen molar-refractivity contribution in [1.82, 2.24) is 10.0 Å². The van der Waals surface area contributed by atoms with Crippen LogP contribution >= 0.6 is 12.2 Å². The van der Waals surface area contributed by atoms with Crippen molar-refractivity contribution in [3.63, 3.8) is 0 Å². The first-order chi connectivity index (χ1) is 15.4. The van der Waals surface area contributed by atoms with Crippen molar-refractivity contribution in [3.8, 4) is 5.75 Å². The Morgan fingerprint density at radius 2 is 1.81 bits per heavy atom. The minimum atomic E-state index is -3.61. The Morgan fingerprint density at radius 3 is 2.50 bits per heavy atom. The predicted octanol–water partition coefficient (Wildman–Crippen LogP) is 4.24. The Morgan fingerprint density at radius 1 is 1.09 bits per heavy atom. The van der Waals surface area contributed by atoms with E-state index >= 15 is 0 Å². The molecule has 0 atom stereocenters. The van der Waals surface area contributed by atoms with E-state index in [1.165, 1.54) is 18.2 Å². The Labute approximate surface area is 195 Å². The maximum atomic E-state index is 12.7.